The maximum absolute atomic E-state index is 12.5. The number of halogens is 1. The Labute approximate surface area is 151 Å². The van der Waals surface area contributed by atoms with E-state index >= 15 is 0 Å². The summed E-state index contributed by atoms with van der Waals surface area (Å²) in [5.41, 5.74) is 1.07. The van der Waals surface area contributed by atoms with E-state index in [0.717, 1.165) is 0 Å². The fraction of sp³-hybridized carbons (Fsp3) is 0.278. The second-order valence-electron chi connectivity index (χ2n) is 5.68. The molecular formula is C18H18ClN3O3. The molecule has 0 unspecified atom stereocenters. The van der Waals surface area contributed by atoms with Crippen LogP contribution in [-0.2, 0) is 0 Å². The smallest absolute Gasteiger partial charge is 0.255 e. The number of methoxy groups -OCH3 is 1. The molecule has 0 atom stereocenters. The Morgan fingerprint density at radius 3 is 2.16 bits per heavy atom. The van der Waals surface area contributed by atoms with Crippen LogP contribution in [0, 0.1) is 0 Å². The van der Waals surface area contributed by atoms with Crippen LogP contribution in [0.4, 0.5) is 0 Å². The number of carbonyl (C=O) groups is 2. The lowest BCUT2D eigenvalue weighted by Crippen LogP contribution is -2.50. The van der Waals surface area contributed by atoms with Crippen molar-refractivity contribution in [2.24, 2.45) is 0 Å². The van der Waals surface area contributed by atoms with E-state index in [1.54, 1.807) is 46.2 Å². The molecule has 1 aromatic carbocycles. The van der Waals surface area contributed by atoms with E-state index in [2.05, 4.69) is 4.98 Å². The molecule has 2 aromatic rings. The van der Waals surface area contributed by atoms with Gasteiger partial charge >= 0.3 is 0 Å². The summed E-state index contributed by atoms with van der Waals surface area (Å²) in [5, 5.41) is 0.534. The second kappa shape index (κ2) is 7.53. The standard InChI is InChI=1S/C18H18ClN3O3/c1-25-16-6-5-14(12-20-16)18(24)22-9-7-21(8-10-22)17(23)13-3-2-4-15(19)11-13/h2-6,11-12H,7-10H2,1H3. The molecule has 6 nitrogen and oxygen atoms in total. The number of hydrogen-bond acceptors (Lipinski definition) is 4. The van der Waals surface area contributed by atoms with Crippen molar-refractivity contribution in [1.82, 2.24) is 14.8 Å². The predicted octanol–water partition coefficient (Wildman–Crippen LogP) is 2.34. The number of rotatable bonds is 3. The van der Waals surface area contributed by atoms with Gasteiger partial charge in [0.05, 0.1) is 12.7 Å². The highest BCUT2D eigenvalue weighted by Crippen LogP contribution is 2.15. The second-order valence-corrected chi connectivity index (χ2v) is 6.12. The van der Waals surface area contributed by atoms with Crippen LogP contribution in [0.3, 0.4) is 0 Å². The van der Waals surface area contributed by atoms with Crippen molar-refractivity contribution in [2.75, 3.05) is 33.3 Å². The quantitative estimate of drug-likeness (QED) is 0.843. The van der Waals surface area contributed by atoms with Gasteiger partial charge in [-0.3, -0.25) is 9.59 Å². The first-order chi connectivity index (χ1) is 12.1. The molecule has 1 aromatic heterocycles. The predicted molar refractivity (Wildman–Crippen MR) is 94.0 cm³/mol. The molecule has 0 bridgehead atoms. The molecule has 1 saturated heterocycles. The van der Waals surface area contributed by atoms with Gasteiger partial charge in [0.15, 0.2) is 0 Å². The molecule has 0 N–H and O–H groups in total. The lowest BCUT2D eigenvalue weighted by atomic mass is 10.1. The minimum Gasteiger partial charge on any atom is -0.481 e. The van der Waals surface area contributed by atoms with Crippen LogP contribution in [0.25, 0.3) is 0 Å². The SMILES string of the molecule is COc1ccc(C(=O)N2CCN(C(=O)c3cccc(Cl)c3)CC2)cn1. The summed E-state index contributed by atoms with van der Waals surface area (Å²) in [7, 11) is 1.53. The van der Waals surface area contributed by atoms with Crippen molar-refractivity contribution in [3.63, 3.8) is 0 Å². The molecule has 2 amide bonds. The molecular weight excluding hydrogens is 342 g/mol. The molecule has 130 valence electrons. The molecule has 1 aliphatic rings. The van der Waals surface area contributed by atoms with Gasteiger partial charge in [-0.05, 0) is 24.3 Å². The monoisotopic (exact) mass is 359 g/mol. The average molecular weight is 360 g/mol. The van der Waals surface area contributed by atoms with E-state index in [4.69, 9.17) is 16.3 Å². The van der Waals surface area contributed by atoms with Gasteiger partial charge in [0.1, 0.15) is 0 Å². The Bertz CT molecular complexity index is 771. The molecule has 1 aliphatic heterocycles. The van der Waals surface area contributed by atoms with E-state index < -0.39 is 0 Å². The van der Waals surface area contributed by atoms with E-state index in [0.29, 0.717) is 48.2 Å². The van der Waals surface area contributed by atoms with Crippen LogP contribution < -0.4 is 4.74 Å². The molecule has 2 heterocycles. The van der Waals surface area contributed by atoms with Crippen LogP contribution in [0.1, 0.15) is 20.7 Å². The summed E-state index contributed by atoms with van der Waals surface area (Å²) in [4.78, 5) is 32.5. The molecule has 25 heavy (non-hydrogen) atoms. The summed E-state index contributed by atoms with van der Waals surface area (Å²) in [6.45, 7) is 1.94. The Balaban J connectivity index is 1.61. The first-order valence-electron chi connectivity index (χ1n) is 7.92. The van der Waals surface area contributed by atoms with E-state index in [1.807, 2.05) is 0 Å². The number of benzene rings is 1. The van der Waals surface area contributed by atoms with Crippen molar-refractivity contribution >= 4 is 23.4 Å². The lowest BCUT2D eigenvalue weighted by Gasteiger charge is -2.34. The minimum atomic E-state index is -0.0926. The van der Waals surface area contributed by atoms with Crippen molar-refractivity contribution in [2.45, 2.75) is 0 Å². The number of ether oxygens (including phenoxy) is 1. The van der Waals surface area contributed by atoms with Gasteiger partial charge in [-0.2, -0.15) is 0 Å². The number of piperazine rings is 1. The van der Waals surface area contributed by atoms with E-state index in [9.17, 15) is 9.59 Å². The molecule has 1 fully saturated rings. The summed E-state index contributed by atoms with van der Waals surface area (Å²) < 4.78 is 5.00. The zero-order chi connectivity index (χ0) is 17.8. The summed E-state index contributed by atoms with van der Waals surface area (Å²) in [6.07, 6.45) is 1.50. The van der Waals surface area contributed by atoms with Crippen LogP contribution in [0.5, 0.6) is 5.88 Å². The molecule has 0 radical (unpaired) electrons. The number of carbonyl (C=O) groups excluding carboxylic acids is 2. The van der Waals surface area contributed by atoms with Gasteiger partial charge in [0, 0.05) is 49.0 Å². The maximum Gasteiger partial charge on any atom is 0.255 e. The molecule has 0 aliphatic carbocycles. The third kappa shape index (κ3) is 3.91. The molecule has 0 saturated carbocycles. The normalized spacial score (nSPS) is 14.3. The van der Waals surface area contributed by atoms with E-state index in [1.165, 1.54) is 13.3 Å². The van der Waals surface area contributed by atoms with Crippen LogP contribution in [-0.4, -0.2) is 59.9 Å². The fourth-order valence-electron chi connectivity index (χ4n) is 2.73. The highest BCUT2D eigenvalue weighted by molar-refractivity contribution is 6.30. The van der Waals surface area contributed by atoms with Crippen LogP contribution >= 0.6 is 11.6 Å². The highest BCUT2D eigenvalue weighted by atomic mass is 35.5. The largest absolute Gasteiger partial charge is 0.481 e. The lowest BCUT2D eigenvalue weighted by molar-refractivity contribution is 0.0535. The maximum atomic E-state index is 12.5. The number of pyridine rings is 1. The van der Waals surface area contributed by atoms with Crippen molar-refractivity contribution in [3.05, 3.63) is 58.7 Å². The third-order valence-corrected chi connectivity index (χ3v) is 4.35. The van der Waals surface area contributed by atoms with Crippen molar-refractivity contribution in [3.8, 4) is 5.88 Å². The van der Waals surface area contributed by atoms with Gasteiger partial charge < -0.3 is 14.5 Å². The Hall–Kier alpha value is -2.60. The first kappa shape index (κ1) is 17.2. The number of amides is 2. The first-order valence-corrected chi connectivity index (χ1v) is 8.30. The van der Waals surface area contributed by atoms with Crippen LogP contribution in [0.15, 0.2) is 42.6 Å². The molecule has 0 spiro atoms. The zero-order valence-corrected chi connectivity index (χ0v) is 14.6. The Morgan fingerprint density at radius 2 is 1.64 bits per heavy atom. The Kier molecular flexibility index (Phi) is 5.19. The highest BCUT2D eigenvalue weighted by Gasteiger charge is 2.25. The molecule has 7 heteroatoms. The summed E-state index contributed by atoms with van der Waals surface area (Å²) in [5.74, 6) is 0.305. The summed E-state index contributed by atoms with van der Waals surface area (Å²) in [6, 6.07) is 10.2. The summed E-state index contributed by atoms with van der Waals surface area (Å²) >= 11 is 5.94. The van der Waals surface area contributed by atoms with Crippen molar-refractivity contribution in [1.29, 1.82) is 0 Å². The number of nitrogens with zero attached hydrogens (tertiary/aromatic N) is 3. The van der Waals surface area contributed by atoms with Gasteiger partial charge in [-0.15, -0.1) is 0 Å². The minimum absolute atomic E-state index is 0.0688. The Morgan fingerprint density at radius 1 is 1.00 bits per heavy atom. The fourth-order valence-corrected chi connectivity index (χ4v) is 2.92. The van der Waals surface area contributed by atoms with Crippen LogP contribution in [0.2, 0.25) is 5.02 Å². The molecule has 3 rings (SSSR count). The third-order valence-electron chi connectivity index (χ3n) is 4.12. The van der Waals surface area contributed by atoms with Crippen molar-refractivity contribution < 1.29 is 14.3 Å². The average Bonchev–Trinajstić information content (AvgIpc) is 2.67. The van der Waals surface area contributed by atoms with E-state index in [-0.39, 0.29) is 11.8 Å². The topological polar surface area (TPSA) is 62.7 Å². The van der Waals surface area contributed by atoms with Gasteiger partial charge in [0.25, 0.3) is 11.8 Å². The number of aromatic nitrogens is 1. The van der Waals surface area contributed by atoms with Gasteiger partial charge in [-0.25, -0.2) is 4.98 Å². The number of hydrogen-bond donors (Lipinski definition) is 0. The van der Waals surface area contributed by atoms with Gasteiger partial charge in [-0.1, -0.05) is 17.7 Å². The van der Waals surface area contributed by atoms with Gasteiger partial charge in [0.2, 0.25) is 5.88 Å². The zero-order valence-electron chi connectivity index (χ0n) is 13.8.